The van der Waals surface area contributed by atoms with E-state index in [1.165, 1.54) is 18.0 Å². The van der Waals surface area contributed by atoms with Crippen LogP contribution in [0.5, 0.6) is 5.75 Å². The van der Waals surface area contributed by atoms with Crippen LogP contribution in [0.1, 0.15) is 31.2 Å². The third-order valence-corrected chi connectivity index (χ3v) is 8.03. The van der Waals surface area contributed by atoms with E-state index in [1.807, 2.05) is 30.3 Å². The van der Waals surface area contributed by atoms with Crippen LogP contribution >= 0.6 is 0 Å². The molecule has 0 radical (unpaired) electrons. The molecule has 1 saturated heterocycles. The van der Waals surface area contributed by atoms with Gasteiger partial charge in [0.15, 0.2) is 11.6 Å². The van der Waals surface area contributed by atoms with E-state index in [1.54, 1.807) is 19.1 Å². The van der Waals surface area contributed by atoms with Gasteiger partial charge in [-0.3, -0.25) is 24.1 Å². The summed E-state index contributed by atoms with van der Waals surface area (Å²) < 4.78 is 0. The molecule has 6 heteroatoms. The van der Waals surface area contributed by atoms with Crippen LogP contribution in [0.3, 0.4) is 0 Å². The van der Waals surface area contributed by atoms with E-state index < -0.39 is 17.8 Å². The molecule has 0 bridgehead atoms. The smallest absolute Gasteiger partial charge is 0.233 e. The van der Waals surface area contributed by atoms with Gasteiger partial charge in [0, 0.05) is 35.1 Å². The second kappa shape index (κ2) is 7.10. The Labute approximate surface area is 196 Å². The molecule has 1 N–H and O–H groups in total. The van der Waals surface area contributed by atoms with Gasteiger partial charge in [-0.2, -0.15) is 0 Å². The molecule has 170 valence electrons. The predicted octanol–water partition coefficient (Wildman–Crippen LogP) is 3.60. The summed E-state index contributed by atoms with van der Waals surface area (Å²) in [7, 11) is 1.52. The van der Waals surface area contributed by atoms with Crippen LogP contribution in [-0.4, -0.2) is 40.4 Å². The number of aromatic hydroxyl groups is 1. The van der Waals surface area contributed by atoms with Gasteiger partial charge in [-0.1, -0.05) is 42.0 Å². The number of likely N-dealkylation sites (tertiary alicyclic amines) is 1. The van der Waals surface area contributed by atoms with E-state index in [-0.39, 0.29) is 41.5 Å². The number of carbonyl (C=O) groups is 4. The number of benzene rings is 2. The molecule has 3 aliphatic carbocycles. The van der Waals surface area contributed by atoms with Gasteiger partial charge in [0.25, 0.3) is 0 Å². The second-order valence-electron chi connectivity index (χ2n) is 9.68. The SMILES string of the molecule is CC1=CC(=O)C2=C(C1=O)C(c1ccc(O)c3ccccc13)C1=CCC3C(=O)N(C)C(=O)C3C1C2. The van der Waals surface area contributed by atoms with Gasteiger partial charge >= 0.3 is 0 Å². The molecule has 6 rings (SSSR count). The van der Waals surface area contributed by atoms with Crippen molar-refractivity contribution < 1.29 is 24.3 Å². The quantitative estimate of drug-likeness (QED) is 0.405. The van der Waals surface area contributed by atoms with Crippen molar-refractivity contribution >= 4 is 34.2 Å². The molecule has 6 nitrogen and oxygen atoms in total. The molecule has 0 aromatic heterocycles. The monoisotopic (exact) mass is 453 g/mol. The maximum atomic E-state index is 13.5. The van der Waals surface area contributed by atoms with Crippen molar-refractivity contribution in [2.24, 2.45) is 17.8 Å². The second-order valence-corrected chi connectivity index (χ2v) is 9.68. The summed E-state index contributed by atoms with van der Waals surface area (Å²) in [4.78, 5) is 53.7. The van der Waals surface area contributed by atoms with Crippen LogP contribution in [0.15, 0.2) is 70.8 Å². The maximum absolute atomic E-state index is 13.5. The first-order chi connectivity index (χ1) is 16.3. The van der Waals surface area contributed by atoms with Crippen LogP contribution in [0.2, 0.25) is 0 Å². The van der Waals surface area contributed by atoms with Crippen molar-refractivity contribution in [1.82, 2.24) is 4.90 Å². The van der Waals surface area contributed by atoms with Gasteiger partial charge in [0.2, 0.25) is 11.8 Å². The van der Waals surface area contributed by atoms with Gasteiger partial charge in [-0.15, -0.1) is 0 Å². The Bertz CT molecular complexity index is 1440. The Hall–Kier alpha value is -3.80. The summed E-state index contributed by atoms with van der Waals surface area (Å²) in [6.07, 6.45) is 4.10. The summed E-state index contributed by atoms with van der Waals surface area (Å²) in [5, 5.41) is 11.9. The number of hydrogen-bond donors (Lipinski definition) is 1. The number of phenolic OH excluding ortho intramolecular Hbond substituents is 1. The number of carbonyl (C=O) groups excluding carboxylic acids is 4. The summed E-state index contributed by atoms with van der Waals surface area (Å²) in [6, 6.07) is 10.9. The molecule has 4 atom stereocenters. The minimum Gasteiger partial charge on any atom is -0.507 e. The zero-order valence-corrected chi connectivity index (χ0v) is 18.9. The highest BCUT2D eigenvalue weighted by atomic mass is 16.3. The zero-order chi connectivity index (χ0) is 23.9. The minimum absolute atomic E-state index is 0.138. The van der Waals surface area contributed by atoms with Gasteiger partial charge in [0.1, 0.15) is 5.75 Å². The molecule has 1 aliphatic heterocycles. The average molecular weight is 453 g/mol. The van der Waals surface area contributed by atoms with Crippen LogP contribution in [0, 0.1) is 17.8 Å². The van der Waals surface area contributed by atoms with Crippen LogP contribution < -0.4 is 0 Å². The van der Waals surface area contributed by atoms with Crippen molar-refractivity contribution in [2.45, 2.75) is 25.7 Å². The molecule has 2 aromatic rings. The molecule has 2 amide bonds. The topological polar surface area (TPSA) is 91.8 Å². The maximum Gasteiger partial charge on any atom is 0.233 e. The van der Waals surface area contributed by atoms with Crippen LogP contribution in [0.25, 0.3) is 10.8 Å². The van der Waals surface area contributed by atoms with Crippen molar-refractivity contribution in [1.29, 1.82) is 0 Å². The normalized spacial score (nSPS) is 28.6. The number of hydrogen-bond acceptors (Lipinski definition) is 5. The highest BCUT2D eigenvalue weighted by Gasteiger charge is 2.55. The molecular formula is C28H23NO5. The number of ketones is 2. The lowest BCUT2D eigenvalue weighted by Gasteiger charge is -2.42. The molecule has 0 saturated carbocycles. The fourth-order valence-electron chi connectivity index (χ4n) is 6.43. The summed E-state index contributed by atoms with van der Waals surface area (Å²) in [5.74, 6) is -2.45. The van der Waals surface area contributed by atoms with E-state index in [0.29, 0.717) is 28.5 Å². The fourth-order valence-corrected chi connectivity index (χ4v) is 6.43. The summed E-state index contributed by atoms with van der Waals surface area (Å²) in [6.45, 7) is 1.65. The standard InChI is InChI=1S/C28H23NO5/c1-13-11-22(31)20-12-19-17(7-8-18-24(19)28(34)29(2)27(18)33)23(25(20)26(13)32)16-9-10-21(30)15-6-4-3-5-14(15)16/h3-7,9-11,18-19,23-24,30H,8,12H2,1-2H3. The minimum atomic E-state index is -0.535. The Morgan fingerprint density at radius 2 is 1.68 bits per heavy atom. The number of amides is 2. The van der Waals surface area contributed by atoms with Crippen molar-refractivity contribution in [3.05, 3.63) is 76.4 Å². The summed E-state index contributed by atoms with van der Waals surface area (Å²) >= 11 is 0. The Morgan fingerprint density at radius 1 is 0.941 bits per heavy atom. The highest BCUT2D eigenvalue weighted by molar-refractivity contribution is 6.24. The van der Waals surface area contributed by atoms with E-state index >= 15 is 0 Å². The number of nitrogens with zero attached hydrogens (tertiary/aromatic N) is 1. The van der Waals surface area contributed by atoms with Crippen molar-refractivity contribution in [3.8, 4) is 5.75 Å². The van der Waals surface area contributed by atoms with Gasteiger partial charge < -0.3 is 5.11 Å². The number of allylic oxidation sites excluding steroid dienone is 6. The number of fused-ring (bicyclic) bond motifs is 4. The Balaban J connectivity index is 1.63. The third-order valence-electron chi connectivity index (χ3n) is 8.03. The third kappa shape index (κ3) is 2.62. The Morgan fingerprint density at radius 3 is 2.44 bits per heavy atom. The largest absolute Gasteiger partial charge is 0.507 e. The first-order valence-corrected chi connectivity index (χ1v) is 11.5. The van der Waals surface area contributed by atoms with E-state index in [2.05, 4.69) is 0 Å². The molecule has 0 spiro atoms. The van der Waals surface area contributed by atoms with E-state index in [9.17, 15) is 24.3 Å². The molecule has 4 aliphatic rings. The number of rotatable bonds is 1. The molecule has 34 heavy (non-hydrogen) atoms. The van der Waals surface area contributed by atoms with Gasteiger partial charge in [-0.25, -0.2) is 0 Å². The number of imide groups is 1. The first kappa shape index (κ1) is 20.8. The molecule has 1 fully saturated rings. The lowest BCUT2D eigenvalue weighted by atomic mass is 9.59. The number of phenols is 1. The lowest BCUT2D eigenvalue weighted by Crippen LogP contribution is -2.39. The van der Waals surface area contributed by atoms with E-state index in [4.69, 9.17) is 0 Å². The molecule has 1 heterocycles. The van der Waals surface area contributed by atoms with Crippen molar-refractivity contribution in [3.63, 3.8) is 0 Å². The van der Waals surface area contributed by atoms with E-state index in [0.717, 1.165) is 16.5 Å². The molecular weight excluding hydrogens is 430 g/mol. The van der Waals surface area contributed by atoms with Crippen molar-refractivity contribution in [2.75, 3.05) is 7.05 Å². The zero-order valence-electron chi connectivity index (χ0n) is 18.9. The summed E-state index contributed by atoms with van der Waals surface area (Å²) in [5.41, 5.74) is 3.04. The average Bonchev–Trinajstić information content (AvgIpc) is 3.06. The van der Waals surface area contributed by atoms with Crippen LogP contribution in [0.4, 0.5) is 0 Å². The first-order valence-electron chi connectivity index (χ1n) is 11.5. The Kier molecular flexibility index (Phi) is 4.34. The molecule has 4 unspecified atom stereocenters. The lowest BCUT2D eigenvalue weighted by molar-refractivity contribution is -0.138. The molecule has 2 aromatic carbocycles. The number of Topliss-reactive ketones (excluding diaryl/α,β-unsaturated/α-hetero) is 1. The predicted molar refractivity (Wildman–Crippen MR) is 125 cm³/mol. The fraction of sp³-hybridized carbons (Fsp3) is 0.286. The highest BCUT2D eigenvalue weighted by Crippen LogP contribution is 2.55. The van der Waals surface area contributed by atoms with Gasteiger partial charge in [-0.05, 0) is 48.8 Å². The van der Waals surface area contributed by atoms with Crippen LogP contribution in [-0.2, 0) is 19.2 Å². The van der Waals surface area contributed by atoms with Gasteiger partial charge in [0.05, 0.1) is 11.8 Å².